The van der Waals surface area contributed by atoms with Crippen molar-refractivity contribution in [2.45, 2.75) is 6.29 Å². The van der Waals surface area contributed by atoms with Gasteiger partial charge >= 0.3 is 0 Å². The van der Waals surface area contributed by atoms with E-state index in [0.29, 0.717) is 13.2 Å². The second kappa shape index (κ2) is 5.05. The van der Waals surface area contributed by atoms with E-state index in [9.17, 15) is 5.21 Å². The fraction of sp³-hybridized carbons (Fsp3) is 1.00. The average molecular weight is 212 g/mol. The molecule has 1 atom stereocenters. The SMILES string of the molecule is [O-][N+](=NO)N1CCOC(OCCl)C1. The zero-order valence-electron chi connectivity index (χ0n) is 6.80. The minimum atomic E-state index is -0.551. The van der Waals surface area contributed by atoms with Crippen molar-refractivity contribution < 1.29 is 19.7 Å². The number of hydrogen-bond donors (Lipinski definition) is 1. The lowest BCUT2D eigenvalue weighted by atomic mass is 10.5. The summed E-state index contributed by atoms with van der Waals surface area (Å²) in [4.78, 5) is 0.0904. The van der Waals surface area contributed by atoms with Gasteiger partial charge in [-0.25, -0.2) is 0 Å². The number of hydrogen-bond acceptors (Lipinski definition) is 4. The van der Waals surface area contributed by atoms with Crippen molar-refractivity contribution in [1.29, 1.82) is 0 Å². The molecule has 0 aliphatic carbocycles. The van der Waals surface area contributed by atoms with Gasteiger partial charge in [0.1, 0.15) is 19.2 Å². The summed E-state index contributed by atoms with van der Waals surface area (Å²) in [6.07, 6.45) is -0.551. The van der Waals surface area contributed by atoms with Crippen molar-refractivity contribution >= 4 is 11.6 Å². The van der Waals surface area contributed by atoms with Crippen LogP contribution in [0.3, 0.4) is 0 Å². The standard InChI is InChI=1S/C5H10ClN3O4/c6-4-13-5-3-8(1-2-12-5)9(11)7-10/h5,10H,1-4H2. The van der Waals surface area contributed by atoms with Crippen LogP contribution in [-0.2, 0) is 9.47 Å². The van der Waals surface area contributed by atoms with Crippen LogP contribution in [0.5, 0.6) is 0 Å². The minimum Gasteiger partial charge on any atom is -0.569 e. The molecule has 1 heterocycles. The first-order chi connectivity index (χ1) is 6.27. The molecule has 0 radical (unpaired) electrons. The number of ether oxygens (including phenoxy) is 2. The first-order valence-electron chi connectivity index (χ1n) is 3.64. The van der Waals surface area contributed by atoms with Crippen molar-refractivity contribution in [3.63, 3.8) is 0 Å². The highest BCUT2D eigenvalue weighted by atomic mass is 35.5. The van der Waals surface area contributed by atoms with Gasteiger partial charge in [0, 0.05) is 0 Å². The molecule has 1 rings (SSSR count). The fourth-order valence-corrected chi connectivity index (χ4v) is 1.13. The van der Waals surface area contributed by atoms with E-state index < -0.39 is 6.29 Å². The predicted molar refractivity (Wildman–Crippen MR) is 41.0 cm³/mol. The summed E-state index contributed by atoms with van der Waals surface area (Å²) in [5.41, 5.74) is 0. The van der Waals surface area contributed by atoms with Crippen LogP contribution >= 0.6 is 11.6 Å². The number of rotatable bonds is 3. The van der Waals surface area contributed by atoms with Gasteiger partial charge in [-0.05, 0) is 0 Å². The summed E-state index contributed by atoms with van der Waals surface area (Å²) < 4.78 is 10.0. The van der Waals surface area contributed by atoms with Crippen LogP contribution in [0.4, 0.5) is 0 Å². The summed E-state index contributed by atoms with van der Waals surface area (Å²) in [6, 6.07) is -0.00632. The Hall–Kier alpha value is -0.790. The lowest BCUT2D eigenvalue weighted by Crippen LogP contribution is -2.46. The average Bonchev–Trinajstić information content (AvgIpc) is 2.18. The Bertz CT molecular complexity index is 189. The molecule has 0 saturated carbocycles. The van der Waals surface area contributed by atoms with Gasteiger partial charge in [0.05, 0.1) is 11.6 Å². The molecule has 1 N–H and O–H groups in total. The lowest BCUT2D eigenvalue weighted by molar-refractivity contribution is -0.716. The van der Waals surface area contributed by atoms with Gasteiger partial charge in [-0.2, -0.15) is 0 Å². The lowest BCUT2D eigenvalue weighted by Gasteiger charge is -2.28. The quantitative estimate of drug-likeness (QED) is 0.311. The van der Waals surface area contributed by atoms with Crippen molar-refractivity contribution in [3.8, 4) is 0 Å². The molecule has 0 aromatic carbocycles. The molecule has 1 saturated heterocycles. The molecule has 0 aromatic heterocycles. The Balaban J connectivity index is 2.41. The van der Waals surface area contributed by atoms with Crippen LogP contribution in [0.1, 0.15) is 0 Å². The Kier molecular flexibility index (Phi) is 4.00. The molecule has 0 aromatic rings. The van der Waals surface area contributed by atoms with Crippen LogP contribution < -0.4 is 0 Å². The number of morpholine rings is 1. The molecule has 8 heteroatoms. The van der Waals surface area contributed by atoms with Gasteiger partial charge in [-0.3, -0.25) is 0 Å². The molecule has 1 aliphatic heterocycles. The normalized spacial score (nSPS) is 24.8. The Morgan fingerprint density at radius 2 is 2.62 bits per heavy atom. The molecule has 1 unspecified atom stereocenters. The first kappa shape index (κ1) is 10.3. The zero-order chi connectivity index (χ0) is 9.68. The molecular formula is C5H10ClN3O4. The summed E-state index contributed by atoms with van der Waals surface area (Å²) >= 11 is 5.31. The van der Waals surface area contributed by atoms with Crippen LogP contribution in [0.2, 0.25) is 0 Å². The van der Waals surface area contributed by atoms with Crippen LogP contribution in [-0.4, -0.2) is 47.2 Å². The predicted octanol–water partition coefficient (Wildman–Crippen LogP) is 0.124. The fourth-order valence-electron chi connectivity index (χ4n) is 0.989. The highest BCUT2D eigenvalue weighted by molar-refractivity contribution is 6.17. The van der Waals surface area contributed by atoms with Gasteiger partial charge < -0.3 is 19.9 Å². The molecule has 1 aliphatic rings. The van der Waals surface area contributed by atoms with E-state index in [0.717, 1.165) is 0 Å². The Morgan fingerprint density at radius 1 is 1.85 bits per heavy atom. The van der Waals surface area contributed by atoms with E-state index in [-0.39, 0.29) is 17.6 Å². The third-order valence-corrected chi connectivity index (χ3v) is 1.71. The third kappa shape index (κ3) is 2.87. The molecule has 1 fully saturated rings. The van der Waals surface area contributed by atoms with Crippen LogP contribution in [0.15, 0.2) is 5.28 Å². The Labute approximate surface area is 79.6 Å². The summed E-state index contributed by atoms with van der Waals surface area (Å²) in [5.74, 6) is 0. The number of nitrogens with zero attached hydrogens (tertiary/aromatic N) is 3. The Morgan fingerprint density at radius 3 is 3.23 bits per heavy atom. The number of halogens is 1. The molecule has 76 valence electrons. The van der Waals surface area contributed by atoms with Gasteiger partial charge in [0.2, 0.25) is 5.28 Å². The zero-order valence-corrected chi connectivity index (χ0v) is 7.55. The van der Waals surface area contributed by atoms with E-state index in [2.05, 4.69) is 5.28 Å². The number of alkyl halides is 1. The van der Waals surface area contributed by atoms with E-state index in [1.165, 1.54) is 5.01 Å². The van der Waals surface area contributed by atoms with Crippen molar-refractivity contribution in [2.75, 3.05) is 25.8 Å². The molecular weight excluding hydrogens is 202 g/mol. The summed E-state index contributed by atoms with van der Waals surface area (Å²) in [6.45, 7) is 0.881. The monoisotopic (exact) mass is 211 g/mol. The molecule has 0 amide bonds. The molecule has 7 nitrogen and oxygen atoms in total. The largest absolute Gasteiger partial charge is 0.569 e. The maximum Gasteiger partial charge on any atom is 0.230 e. The van der Waals surface area contributed by atoms with E-state index in [4.69, 9.17) is 26.3 Å². The summed E-state index contributed by atoms with van der Waals surface area (Å²) in [5, 5.41) is 22.7. The van der Waals surface area contributed by atoms with Crippen molar-refractivity contribution in [3.05, 3.63) is 5.21 Å². The van der Waals surface area contributed by atoms with E-state index >= 15 is 0 Å². The molecule has 0 bridgehead atoms. The smallest absolute Gasteiger partial charge is 0.230 e. The van der Waals surface area contributed by atoms with E-state index in [1.807, 2.05) is 0 Å². The molecule has 13 heavy (non-hydrogen) atoms. The minimum absolute atomic E-state index is 0.00632. The maximum atomic E-state index is 10.8. The van der Waals surface area contributed by atoms with Gasteiger partial charge in [0.15, 0.2) is 6.29 Å². The van der Waals surface area contributed by atoms with Crippen molar-refractivity contribution in [2.24, 2.45) is 5.28 Å². The van der Waals surface area contributed by atoms with Gasteiger partial charge in [-0.15, -0.1) is 5.01 Å². The van der Waals surface area contributed by atoms with E-state index in [1.54, 1.807) is 0 Å². The number of hydrazine groups is 1. The third-order valence-electron chi connectivity index (χ3n) is 1.58. The summed E-state index contributed by atoms with van der Waals surface area (Å²) in [7, 11) is 0. The molecule has 0 spiro atoms. The van der Waals surface area contributed by atoms with Crippen LogP contribution in [0.25, 0.3) is 0 Å². The maximum absolute atomic E-state index is 10.8. The van der Waals surface area contributed by atoms with Gasteiger partial charge in [-0.1, -0.05) is 11.6 Å². The second-order valence-corrected chi connectivity index (χ2v) is 2.55. The van der Waals surface area contributed by atoms with Crippen molar-refractivity contribution in [1.82, 2.24) is 5.01 Å². The topological polar surface area (TPSA) is 80.4 Å². The highest BCUT2D eigenvalue weighted by Crippen LogP contribution is 2.06. The second-order valence-electron chi connectivity index (χ2n) is 2.33. The van der Waals surface area contributed by atoms with Gasteiger partial charge in [0.25, 0.3) is 0 Å². The first-order valence-corrected chi connectivity index (χ1v) is 4.17. The van der Waals surface area contributed by atoms with Crippen LogP contribution in [0, 0.1) is 5.21 Å². The highest BCUT2D eigenvalue weighted by Gasteiger charge is 2.25.